The molecule has 1 fully saturated rings. The number of rotatable bonds is 5. The molecule has 116 valence electrons. The summed E-state index contributed by atoms with van der Waals surface area (Å²) in [5.41, 5.74) is 2.66. The van der Waals surface area contributed by atoms with Crippen LogP contribution in [-0.2, 0) is 6.54 Å². The molecule has 4 heteroatoms. The van der Waals surface area contributed by atoms with Crippen molar-refractivity contribution in [3.63, 3.8) is 0 Å². The van der Waals surface area contributed by atoms with Crippen molar-refractivity contribution in [2.45, 2.75) is 39.2 Å². The van der Waals surface area contributed by atoms with E-state index in [9.17, 15) is 0 Å². The van der Waals surface area contributed by atoms with E-state index in [0.717, 1.165) is 24.6 Å². The summed E-state index contributed by atoms with van der Waals surface area (Å²) in [5.74, 6) is 0. The molecule has 0 unspecified atom stereocenters. The van der Waals surface area contributed by atoms with Crippen LogP contribution < -0.4 is 10.2 Å². The highest BCUT2D eigenvalue weighted by molar-refractivity contribution is 7.80. The Morgan fingerprint density at radius 2 is 1.86 bits per heavy atom. The third-order valence-electron chi connectivity index (χ3n) is 3.95. The average molecular weight is 305 g/mol. The van der Waals surface area contributed by atoms with E-state index in [-0.39, 0.29) is 0 Å². The summed E-state index contributed by atoms with van der Waals surface area (Å²) in [6.45, 7) is 6.34. The maximum atomic E-state index is 5.38. The Kier molecular flexibility index (Phi) is 6.30. The van der Waals surface area contributed by atoms with Crippen LogP contribution in [0.15, 0.2) is 24.3 Å². The molecule has 0 radical (unpaired) electrons. The molecular weight excluding hydrogens is 278 g/mol. The molecule has 1 aliphatic heterocycles. The zero-order chi connectivity index (χ0) is 15.1. The smallest absolute Gasteiger partial charge is 0.168 e. The lowest BCUT2D eigenvalue weighted by Gasteiger charge is -2.29. The van der Waals surface area contributed by atoms with Gasteiger partial charge in [-0.05, 0) is 55.6 Å². The first kappa shape index (κ1) is 16.1. The molecule has 0 aromatic heterocycles. The van der Waals surface area contributed by atoms with E-state index >= 15 is 0 Å². The molecule has 0 atom stereocenters. The molecule has 0 aliphatic carbocycles. The molecule has 1 saturated heterocycles. The highest BCUT2D eigenvalue weighted by Gasteiger charge is 2.11. The molecule has 1 aromatic carbocycles. The van der Waals surface area contributed by atoms with E-state index in [4.69, 9.17) is 12.2 Å². The number of nitrogens with zero attached hydrogens (tertiary/aromatic N) is 2. The van der Waals surface area contributed by atoms with Gasteiger partial charge in [0.1, 0.15) is 0 Å². The largest absolute Gasteiger partial charge is 0.372 e. The van der Waals surface area contributed by atoms with Gasteiger partial charge in [0.05, 0.1) is 0 Å². The summed E-state index contributed by atoms with van der Waals surface area (Å²) >= 11 is 5.38. The van der Waals surface area contributed by atoms with Crippen molar-refractivity contribution < 1.29 is 0 Å². The van der Waals surface area contributed by atoms with Crippen molar-refractivity contribution in [2.24, 2.45) is 0 Å². The zero-order valence-corrected chi connectivity index (χ0v) is 14.1. The predicted molar refractivity (Wildman–Crippen MR) is 94.9 cm³/mol. The molecule has 21 heavy (non-hydrogen) atoms. The summed E-state index contributed by atoms with van der Waals surface area (Å²) < 4.78 is 0. The van der Waals surface area contributed by atoms with Gasteiger partial charge in [0, 0.05) is 38.9 Å². The second-order valence-corrected chi connectivity index (χ2v) is 6.19. The van der Waals surface area contributed by atoms with Crippen LogP contribution in [0.5, 0.6) is 0 Å². The maximum absolute atomic E-state index is 5.38. The lowest BCUT2D eigenvalue weighted by molar-refractivity contribution is 0.489. The zero-order valence-electron chi connectivity index (χ0n) is 13.3. The topological polar surface area (TPSA) is 18.5 Å². The van der Waals surface area contributed by atoms with Crippen molar-refractivity contribution >= 4 is 23.0 Å². The fourth-order valence-corrected chi connectivity index (χ4v) is 2.84. The monoisotopic (exact) mass is 305 g/mol. The number of piperidine rings is 1. The van der Waals surface area contributed by atoms with Crippen molar-refractivity contribution in [1.82, 2.24) is 10.2 Å². The quantitative estimate of drug-likeness (QED) is 0.840. The molecule has 0 spiro atoms. The number of hydrogen-bond donors (Lipinski definition) is 1. The second-order valence-electron chi connectivity index (χ2n) is 5.80. The number of benzene rings is 1. The van der Waals surface area contributed by atoms with Crippen LogP contribution in [0.3, 0.4) is 0 Å². The Balaban J connectivity index is 1.88. The van der Waals surface area contributed by atoms with Gasteiger partial charge in [-0.1, -0.05) is 19.1 Å². The van der Waals surface area contributed by atoms with Crippen LogP contribution in [0.25, 0.3) is 0 Å². The molecule has 1 aromatic rings. The van der Waals surface area contributed by atoms with E-state index in [2.05, 4.69) is 46.3 Å². The summed E-state index contributed by atoms with van der Waals surface area (Å²) in [7, 11) is 2.05. The van der Waals surface area contributed by atoms with Crippen LogP contribution >= 0.6 is 12.2 Å². The first-order chi connectivity index (χ1) is 10.2. The van der Waals surface area contributed by atoms with Crippen molar-refractivity contribution in [2.75, 3.05) is 31.6 Å². The molecule has 1 N–H and O–H groups in total. The van der Waals surface area contributed by atoms with Gasteiger partial charge >= 0.3 is 0 Å². The van der Waals surface area contributed by atoms with Crippen LogP contribution in [0, 0.1) is 0 Å². The van der Waals surface area contributed by atoms with Crippen molar-refractivity contribution in [1.29, 1.82) is 0 Å². The van der Waals surface area contributed by atoms with Gasteiger partial charge in [0.2, 0.25) is 0 Å². The number of thiocarbonyl (C=S) groups is 1. The number of anilines is 1. The first-order valence-corrected chi connectivity index (χ1v) is 8.44. The van der Waals surface area contributed by atoms with Gasteiger partial charge in [0.15, 0.2) is 5.11 Å². The number of hydrogen-bond acceptors (Lipinski definition) is 2. The minimum atomic E-state index is 0.831. The predicted octanol–water partition coefficient (Wildman–Crippen LogP) is 3.39. The molecule has 1 aliphatic rings. The molecule has 1 heterocycles. The van der Waals surface area contributed by atoms with Gasteiger partial charge in [-0.15, -0.1) is 0 Å². The SMILES string of the molecule is CCCNC(=S)N(C)Cc1ccc(N2CCCCC2)cc1. The van der Waals surface area contributed by atoms with Gasteiger partial charge < -0.3 is 15.1 Å². The molecule has 0 amide bonds. The Hall–Kier alpha value is -1.29. The lowest BCUT2D eigenvalue weighted by atomic mass is 10.1. The van der Waals surface area contributed by atoms with Crippen molar-refractivity contribution in [3.8, 4) is 0 Å². The molecule has 0 saturated carbocycles. The minimum Gasteiger partial charge on any atom is -0.372 e. The Bertz CT molecular complexity index is 438. The van der Waals surface area contributed by atoms with Crippen LogP contribution in [-0.4, -0.2) is 36.7 Å². The first-order valence-electron chi connectivity index (χ1n) is 8.03. The van der Waals surface area contributed by atoms with Crippen LogP contribution in [0.2, 0.25) is 0 Å². The van der Waals surface area contributed by atoms with E-state index in [1.54, 1.807) is 0 Å². The third-order valence-corrected chi connectivity index (χ3v) is 4.41. The van der Waals surface area contributed by atoms with E-state index in [1.807, 2.05) is 7.05 Å². The van der Waals surface area contributed by atoms with Gasteiger partial charge in [-0.2, -0.15) is 0 Å². The van der Waals surface area contributed by atoms with E-state index < -0.39 is 0 Å². The molecular formula is C17H27N3S. The Morgan fingerprint density at radius 3 is 2.48 bits per heavy atom. The summed E-state index contributed by atoms with van der Waals surface area (Å²) in [6.07, 6.45) is 5.11. The fraction of sp³-hybridized carbons (Fsp3) is 0.588. The van der Waals surface area contributed by atoms with E-state index in [0.29, 0.717) is 0 Å². The Morgan fingerprint density at radius 1 is 1.19 bits per heavy atom. The third kappa shape index (κ3) is 4.88. The maximum Gasteiger partial charge on any atom is 0.168 e. The highest BCUT2D eigenvalue weighted by Crippen LogP contribution is 2.20. The summed E-state index contributed by atoms with van der Waals surface area (Å²) in [6, 6.07) is 8.94. The van der Waals surface area contributed by atoms with E-state index in [1.165, 1.54) is 43.6 Å². The molecule has 3 nitrogen and oxygen atoms in total. The highest BCUT2D eigenvalue weighted by atomic mass is 32.1. The van der Waals surface area contributed by atoms with Crippen LogP contribution in [0.1, 0.15) is 38.2 Å². The average Bonchev–Trinajstić information content (AvgIpc) is 2.54. The normalized spacial score (nSPS) is 14.9. The van der Waals surface area contributed by atoms with Crippen LogP contribution in [0.4, 0.5) is 5.69 Å². The Labute approximate surface area is 134 Å². The van der Waals surface area contributed by atoms with Gasteiger partial charge in [-0.25, -0.2) is 0 Å². The van der Waals surface area contributed by atoms with Gasteiger partial charge in [-0.3, -0.25) is 0 Å². The van der Waals surface area contributed by atoms with Gasteiger partial charge in [0.25, 0.3) is 0 Å². The second kappa shape index (κ2) is 8.23. The summed E-state index contributed by atoms with van der Waals surface area (Å²) in [5, 5.41) is 4.10. The lowest BCUT2D eigenvalue weighted by Crippen LogP contribution is -2.36. The number of nitrogens with one attached hydrogen (secondary N) is 1. The molecule has 2 rings (SSSR count). The standard InChI is InChI=1S/C17H27N3S/c1-3-11-18-17(21)19(2)14-15-7-9-16(10-8-15)20-12-5-4-6-13-20/h7-10H,3-6,11-14H2,1-2H3,(H,18,21). The summed E-state index contributed by atoms with van der Waals surface area (Å²) in [4.78, 5) is 4.59. The minimum absolute atomic E-state index is 0.831. The molecule has 0 bridgehead atoms. The van der Waals surface area contributed by atoms with Crippen molar-refractivity contribution in [3.05, 3.63) is 29.8 Å². The fourth-order valence-electron chi connectivity index (χ4n) is 2.68.